The molecule has 2 saturated carbocycles. The van der Waals surface area contributed by atoms with Crippen molar-refractivity contribution in [2.75, 3.05) is 6.61 Å². The van der Waals surface area contributed by atoms with Crippen molar-refractivity contribution in [2.24, 2.45) is 11.8 Å². The van der Waals surface area contributed by atoms with Crippen LogP contribution in [-0.4, -0.2) is 55.6 Å². The molecule has 5 fully saturated rings. The summed E-state index contributed by atoms with van der Waals surface area (Å²) in [5.74, 6) is 0.0905. The monoisotopic (exact) mass is 403 g/mol. The Labute approximate surface area is 164 Å². The Balaban J connectivity index is 0.000000161. The third-order valence-corrected chi connectivity index (χ3v) is 6.15. The molecular formula is C19H31O7P. The van der Waals surface area contributed by atoms with Crippen LogP contribution in [0.3, 0.4) is 0 Å². The standard InChI is InChI=1S/C12H18O4.C7H10O3.H3P/c13-12-8-4-5-9(10(7-8)16-12)15-11-3-1-2-6-14-11;8-5-2-1-4-3-6(5)10-7(4)9;/h8-11H,1-7H2;4-6,8H,1-3H2;1H3/t8-,9-,10-,11?;4-,5-,6-;/m00./s1/i;;1D. The van der Waals surface area contributed by atoms with Crippen molar-refractivity contribution in [3.63, 3.8) is 0 Å². The topological polar surface area (TPSA) is 91.3 Å². The molecule has 154 valence electrons. The van der Waals surface area contributed by atoms with Crippen LogP contribution in [0.15, 0.2) is 0 Å². The molecule has 4 bridgehead atoms. The van der Waals surface area contributed by atoms with Crippen LogP contribution >= 0.6 is 9.84 Å². The van der Waals surface area contributed by atoms with Crippen LogP contribution < -0.4 is 0 Å². The predicted octanol–water partition coefficient (Wildman–Crippen LogP) is 1.75. The number of carbonyl (C=O) groups excluding carboxylic acids is 2. The SMILES string of the molecule is O=C1O[C@H]2C[C@@H]1CC[C@@H]2O.O=C1O[C@H]2C[C@@H]1CC[C@@H]2OC1CCCCO1.[2H]P. The minimum Gasteiger partial charge on any atom is -0.459 e. The molecule has 0 amide bonds. The van der Waals surface area contributed by atoms with Gasteiger partial charge in [0.2, 0.25) is 0 Å². The maximum atomic E-state index is 11.4. The molecule has 5 aliphatic rings. The molecule has 0 aromatic carbocycles. The van der Waals surface area contributed by atoms with Crippen molar-refractivity contribution in [3.8, 4) is 0 Å². The highest BCUT2D eigenvalue weighted by atomic mass is 31.0. The summed E-state index contributed by atoms with van der Waals surface area (Å²) in [4.78, 5) is 22.3. The quantitative estimate of drug-likeness (QED) is 0.555. The first-order chi connectivity index (χ1) is 13.6. The van der Waals surface area contributed by atoms with Gasteiger partial charge in [0.15, 0.2) is 6.29 Å². The number of esters is 2. The summed E-state index contributed by atoms with van der Waals surface area (Å²) >= 11 is 0. The second-order valence-corrected chi connectivity index (χ2v) is 8.01. The van der Waals surface area contributed by atoms with E-state index in [-0.39, 0.29) is 48.4 Å². The molecule has 8 atom stereocenters. The number of fused-ring (bicyclic) bond motifs is 4. The van der Waals surface area contributed by atoms with Gasteiger partial charge in [-0.2, -0.15) is 9.84 Å². The molecule has 0 radical (unpaired) electrons. The molecule has 2 unspecified atom stereocenters. The summed E-state index contributed by atoms with van der Waals surface area (Å²) in [6.45, 7) is 0.796. The second-order valence-electron chi connectivity index (χ2n) is 8.01. The highest BCUT2D eigenvalue weighted by Crippen LogP contribution is 2.37. The first kappa shape index (κ1) is 19.6. The Bertz CT molecular complexity index is 542. The van der Waals surface area contributed by atoms with E-state index in [0.717, 1.165) is 58.0 Å². The smallest absolute Gasteiger partial charge is 0.309 e. The number of hydrogen-bond donors (Lipinski definition) is 1. The van der Waals surface area contributed by atoms with Gasteiger partial charge >= 0.3 is 11.9 Å². The van der Waals surface area contributed by atoms with Gasteiger partial charge in [-0.25, -0.2) is 0 Å². The van der Waals surface area contributed by atoms with Crippen LogP contribution in [0.25, 0.3) is 0 Å². The third kappa shape index (κ3) is 4.81. The Kier molecular flexibility index (Phi) is 6.64. The molecule has 2 aliphatic carbocycles. The summed E-state index contributed by atoms with van der Waals surface area (Å²) in [5, 5.41) is 9.24. The molecule has 0 aromatic heterocycles. The second kappa shape index (κ2) is 9.17. The molecule has 0 spiro atoms. The van der Waals surface area contributed by atoms with Crippen LogP contribution in [0, 0.1) is 11.8 Å². The number of hydrogen-bond acceptors (Lipinski definition) is 7. The van der Waals surface area contributed by atoms with E-state index in [2.05, 4.69) is 0 Å². The molecular weight excluding hydrogens is 371 g/mol. The van der Waals surface area contributed by atoms with Gasteiger partial charge in [-0.05, 0) is 44.9 Å². The van der Waals surface area contributed by atoms with Gasteiger partial charge in [0.05, 0.1) is 25.3 Å². The van der Waals surface area contributed by atoms with Gasteiger partial charge in [-0.15, -0.1) is 0 Å². The summed E-state index contributed by atoms with van der Waals surface area (Å²) in [6, 6.07) is 0. The first-order valence-electron chi connectivity index (χ1n) is 10.5. The maximum Gasteiger partial charge on any atom is 0.309 e. The number of ether oxygens (including phenoxy) is 4. The van der Waals surface area contributed by atoms with Gasteiger partial charge < -0.3 is 24.1 Å². The van der Waals surface area contributed by atoms with Gasteiger partial charge in [0.25, 0.3) is 0 Å². The average Bonchev–Trinajstić information content (AvgIpc) is 3.20. The van der Waals surface area contributed by atoms with Crippen LogP contribution in [0.2, 0.25) is 0 Å². The molecule has 3 saturated heterocycles. The van der Waals surface area contributed by atoms with Gasteiger partial charge in [0.1, 0.15) is 12.2 Å². The van der Waals surface area contributed by atoms with Crippen LogP contribution in [0.4, 0.5) is 0 Å². The Morgan fingerprint density at radius 3 is 2.26 bits per heavy atom. The molecule has 5 rings (SSSR count). The van der Waals surface area contributed by atoms with E-state index < -0.39 is 6.10 Å². The molecule has 3 heterocycles. The number of carbonyl (C=O) groups is 2. The summed E-state index contributed by atoms with van der Waals surface area (Å²) in [6.07, 6.45) is 7.60. The van der Waals surface area contributed by atoms with Crippen molar-refractivity contribution < 1.29 is 33.6 Å². The maximum absolute atomic E-state index is 11.4. The van der Waals surface area contributed by atoms with Crippen LogP contribution in [0.1, 0.15) is 57.8 Å². The van der Waals surface area contributed by atoms with Crippen molar-refractivity contribution >= 4 is 21.8 Å². The molecule has 8 heteroatoms. The Morgan fingerprint density at radius 1 is 0.926 bits per heavy atom. The van der Waals surface area contributed by atoms with E-state index in [4.69, 9.17) is 20.2 Å². The molecule has 0 aromatic rings. The zero-order chi connectivity index (χ0) is 20.1. The van der Waals surface area contributed by atoms with Crippen LogP contribution in [0.5, 0.6) is 0 Å². The lowest BCUT2D eigenvalue weighted by Gasteiger charge is -2.31. The summed E-state index contributed by atoms with van der Waals surface area (Å²) < 4.78 is 27.4. The minimum absolute atomic E-state index is 0.0169. The largest absolute Gasteiger partial charge is 0.459 e. The number of rotatable bonds is 2. The lowest BCUT2D eigenvalue weighted by atomic mass is 9.88. The fourth-order valence-electron chi connectivity index (χ4n) is 4.55. The predicted molar refractivity (Wildman–Crippen MR) is 100 cm³/mol. The molecule has 1 N–H and O–H groups in total. The summed E-state index contributed by atoms with van der Waals surface area (Å²) in [5.41, 5.74) is 0. The molecule has 27 heavy (non-hydrogen) atoms. The number of aliphatic hydroxyl groups excluding tert-OH is 1. The van der Waals surface area contributed by atoms with E-state index in [1.165, 1.54) is 6.42 Å². The lowest BCUT2D eigenvalue weighted by molar-refractivity contribution is -0.210. The Morgan fingerprint density at radius 2 is 1.59 bits per heavy atom. The van der Waals surface area contributed by atoms with Crippen molar-refractivity contribution in [3.05, 3.63) is 0 Å². The zero-order valence-electron chi connectivity index (χ0n) is 16.6. The molecule has 7 nitrogen and oxygen atoms in total. The molecule has 3 aliphatic heterocycles. The highest BCUT2D eigenvalue weighted by molar-refractivity contribution is 6.92. The van der Waals surface area contributed by atoms with E-state index in [9.17, 15) is 14.7 Å². The lowest BCUT2D eigenvalue weighted by Crippen LogP contribution is -2.37. The highest BCUT2D eigenvalue weighted by Gasteiger charge is 2.45. The van der Waals surface area contributed by atoms with Crippen molar-refractivity contribution in [1.82, 2.24) is 0 Å². The fourth-order valence-corrected chi connectivity index (χ4v) is 4.55. The minimum atomic E-state index is -0.400. The first-order valence-corrected chi connectivity index (χ1v) is 9.96. The van der Waals surface area contributed by atoms with E-state index in [0.29, 0.717) is 0 Å². The van der Waals surface area contributed by atoms with Gasteiger partial charge in [-0.1, -0.05) is 0 Å². The van der Waals surface area contributed by atoms with E-state index >= 15 is 0 Å². The normalized spacial score (nSPS) is 42.6. The van der Waals surface area contributed by atoms with Crippen molar-refractivity contribution in [1.29, 1.82) is 1.28 Å². The Hall–Kier alpha value is -0.750. The average molecular weight is 403 g/mol. The van der Waals surface area contributed by atoms with E-state index in [1.807, 2.05) is 0 Å². The number of aliphatic hydroxyl groups is 1. The van der Waals surface area contributed by atoms with Gasteiger partial charge in [0, 0.05) is 19.4 Å². The van der Waals surface area contributed by atoms with Gasteiger partial charge in [-0.3, -0.25) is 9.59 Å². The van der Waals surface area contributed by atoms with E-state index in [1.54, 1.807) is 9.84 Å². The summed E-state index contributed by atoms with van der Waals surface area (Å²) in [7, 11) is 1.67. The van der Waals surface area contributed by atoms with Crippen molar-refractivity contribution in [2.45, 2.75) is 88.5 Å². The van der Waals surface area contributed by atoms with Crippen LogP contribution in [-0.2, 0) is 28.5 Å². The fraction of sp³-hybridized carbons (Fsp3) is 0.895. The zero-order valence-corrected chi connectivity index (χ0v) is 16.7. The third-order valence-electron chi connectivity index (χ3n) is 6.15.